The minimum Gasteiger partial charge on any atom is -0.396 e. The van der Waals surface area contributed by atoms with Crippen molar-refractivity contribution in [2.24, 2.45) is 5.41 Å². The van der Waals surface area contributed by atoms with Crippen LogP contribution >= 0.6 is 0 Å². The summed E-state index contributed by atoms with van der Waals surface area (Å²) in [6, 6.07) is 0. The molecule has 0 aromatic rings. The van der Waals surface area contributed by atoms with E-state index in [0.717, 1.165) is 51.7 Å². The minimum absolute atomic E-state index is 0.0518. The maximum Gasteiger partial charge on any atom is 0.0632 e. The number of hydrogen-bond donors (Lipinski definition) is 2. The molecule has 0 spiro atoms. The lowest BCUT2D eigenvalue weighted by molar-refractivity contribution is 0.0375. The van der Waals surface area contributed by atoms with Crippen LogP contribution in [0.2, 0.25) is 0 Å². The highest BCUT2D eigenvalue weighted by Crippen LogP contribution is 2.29. The largest absolute Gasteiger partial charge is 0.396 e. The van der Waals surface area contributed by atoms with Gasteiger partial charge in [0.2, 0.25) is 0 Å². The van der Waals surface area contributed by atoms with E-state index in [4.69, 9.17) is 0 Å². The van der Waals surface area contributed by atoms with Crippen molar-refractivity contribution < 1.29 is 10.2 Å². The van der Waals surface area contributed by atoms with Gasteiger partial charge in [0.1, 0.15) is 0 Å². The Morgan fingerprint density at radius 2 is 1.82 bits per heavy atom. The number of hydrogen-bond acceptors (Lipinski definition) is 3. The Kier molecular flexibility index (Phi) is 5.42. The summed E-state index contributed by atoms with van der Waals surface area (Å²) in [6.07, 6.45) is 4.84. The Bertz CT molecular complexity index is 216. The van der Waals surface area contributed by atoms with Crippen LogP contribution in [-0.2, 0) is 0 Å². The van der Waals surface area contributed by atoms with Crippen molar-refractivity contribution in [3.8, 4) is 0 Å². The second-order valence-corrected chi connectivity index (χ2v) is 5.99. The molecule has 3 nitrogen and oxygen atoms in total. The molecule has 0 aliphatic carbocycles. The molecule has 1 fully saturated rings. The summed E-state index contributed by atoms with van der Waals surface area (Å²) in [7, 11) is 0. The van der Waals surface area contributed by atoms with E-state index < -0.39 is 5.60 Å². The van der Waals surface area contributed by atoms with Crippen molar-refractivity contribution in [2.45, 2.75) is 58.5 Å². The summed E-state index contributed by atoms with van der Waals surface area (Å²) in [6.45, 7) is 9.50. The first-order chi connectivity index (χ1) is 7.97. The van der Waals surface area contributed by atoms with Crippen molar-refractivity contribution in [2.75, 3.05) is 26.2 Å². The molecule has 3 heteroatoms. The fourth-order valence-corrected chi connectivity index (χ4v) is 2.70. The van der Waals surface area contributed by atoms with E-state index >= 15 is 0 Å². The molecular weight excluding hydrogens is 214 g/mol. The van der Waals surface area contributed by atoms with Crippen LogP contribution in [0.4, 0.5) is 0 Å². The standard InChI is InChI=1S/C14H29NO2/c1-4-14(5-2,12-16)11-15-9-6-7-13(3,17)8-10-15/h16-17H,4-12H2,1-3H3. The van der Waals surface area contributed by atoms with Crippen LogP contribution in [0, 0.1) is 5.41 Å². The fourth-order valence-electron chi connectivity index (χ4n) is 2.70. The zero-order valence-corrected chi connectivity index (χ0v) is 11.7. The summed E-state index contributed by atoms with van der Waals surface area (Å²) >= 11 is 0. The number of rotatable bonds is 5. The van der Waals surface area contributed by atoms with Crippen LogP contribution in [-0.4, -0.2) is 47.0 Å². The van der Waals surface area contributed by atoms with Gasteiger partial charge in [0, 0.05) is 25.1 Å². The van der Waals surface area contributed by atoms with E-state index in [-0.39, 0.29) is 12.0 Å². The molecule has 17 heavy (non-hydrogen) atoms. The minimum atomic E-state index is -0.491. The zero-order chi connectivity index (χ0) is 12.9. The first-order valence-corrected chi connectivity index (χ1v) is 7.02. The Morgan fingerprint density at radius 1 is 1.18 bits per heavy atom. The zero-order valence-electron chi connectivity index (χ0n) is 11.7. The van der Waals surface area contributed by atoms with E-state index in [2.05, 4.69) is 18.7 Å². The van der Waals surface area contributed by atoms with Gasteiger partial charge in [-0.05, 0) is 45.6 Å². The molecule has 1 rings (SSSR count). The molecule has 0 bridgehead atoms. The van der Waals surface area contributed by atoms with Crippen LogP contribution in [0.25, 0.3) is 0 Å². The van der Waals surface area contributed by atoms with Crippen molar-refractivity contribution >= 4 is 0 Å². The van der Waals surface area contributed by atoms with Crippen LogP contribution in [0.1, 0.15) is 52.9 Å². The number of aliphatic hydroxyl groups is 2. The lowest BCUT2D eigenvalue weighted by Crippen LogP contribution is -2.40. The fraction of sp³-hybridized carbons (Fsp3) is 1.00. The van der Waals surface area contributed by atoms with Crippen LogP contribution in [0.3, 0.4) is 0 Å². The van der Waals surface area contributed by atoms with Crippen molar-refractivity contribution in [1.82, 2.24) is 4.90 Å². The topological polar surface area (TPSA) is 43.7 Å². The summed E-state index contributed by atoms with van der Waals surface area (Å²) in [4.78, 5) is 2.42. The highest BCUT2D eigenvalue weighted by atomic mass is 16.3. The molecule has 1 unspecified atom stereocenters. The highest BCUT2D eigenvalue weighted by molar-refractivity contribution is 4.84. The van der Waals surface area contributed by atoms with E-state index in [9.17, 15) is 10.2 Å². The molecule has 1 atom stereocenters. The quantitative estimate of drug-likeness (QED) is 0.776. The smallest absolute Gasteiger partial charge is 0.0632 e. The normalized spacial score (nSPS) is 28.1. The Hall–Kier alpha value is -0.120. The maximum absolute atomic E-state index is 10.1. The van der Waals surface area contributed by atoms with Gasteiger partial charge < -0.3 is 15.1 Å². The molecule has 0 aromatic heterocycles. The van der Waals surface area contributed by atoms with Gasteiger partial charge in [-0.25, -0.2) is 0 Å². The van der Waals surface area contributed by atoms with Gasteiger partial charge in [-0.2, -0.15) is 0 Å². The third-order valence-electron chi connectivity index (χ3n) is 4.55. The molecule has 1 aliphatic heterocycles. The second kappa shape index (κ2) is 6.17. The van der Waals surface area contributed by atoms with Gasteiger partial charge in [0.15, 0.2) is 0 Å². The molecule has 102 valence electrons. The maximum atomic E-state index is 10.1. The van der Waals surface area contributed by atoms with E-state index in [0.29, 0.717) is 0 Å². The SMILES string of the molecule is CCC(CC)(CO)CN1CCCC(C)(O)CC1. The molecule has 2 N–H and O–H groups in total. The van der Waals surface area contributed by atoms with E-state index in [1.54, 1.807) is 0 Å². The third-order valence-corrected chi connectivity index (χ3v) is 4.55. The summed E-state index contributed by atoms with van der Waals surface area (Å²) < 4.78 is 0. The molecule has 1 aliphatic rings. The van der Waals surface area contributed by atoms with Crippen LogP contribution in [0.15, 0.2) is 0 Å². The van der Waals surface area contributed by atoms with Gasteiger partial charge in [-0.3, -0.25) is 0 Å². The average Bonchev–Trinajstić information content (AvgIpc) is 2.48. The van der Waals surface area contributed by atoms with Gasteiger partial charge in [0.05, 0.1) is 5.60 Å². The Balaban J connectivity index is 2.56. The van der Waals surface area contributed by atoms with Gasteiger partial charge >= 0.3 is 0 Å². The van der Waals surface area contributed by atoms with Crippen molar-refractivity contribution in [1.29, 1.82) is 0 Å². The second-order valence-electron chi connectivity index (χ2n) is 5.99. The molecule has 1 saturated heterocycles. The first-order valence-electron chi connectivity index (χ1n) is 7.02. The Labute approximate surface area is 106 Å². The van der Waals surface area contributed by atoms with E-state index in [1.165, 1.54) is 0 Å². The average molecular weight is 243 g/mol. The van der Waals surface area contributed by atoms with Crippen LogP contribution < -0.4 is 0 Å². The van der Waals surface area contributed by atoms with E-state index in [1.807, 2.05) is 6.92 Å². The van der Waals surface area contributed by atoms with Gasteiger partial charge in [-0.15, -0.1) is 0 Å². The first kappa shape index (κ1) is 14.9. The lowest BCUT2D eigenvalue weighted by Gasteiger charge is -2.35. The monoisotopic (exact) mass is 243 g/mol. The number of likely N-dealkylation sites (tertiary alicyclic amines) is 1. The highest BCUT2D eigenvalue weighted by Gasteiger charge is 2.31. The lowest BCUT2D eigenvalue weighted by atomic mass is 9.82. The van der Waals surface area contributed by atoms with Crippen molar-refractivity contribution in [3.05, 3.63) is 0 Å². The van der Waals surface area contributed by atoms with Crippen molar-refractivity contribution in [3.63, 3.8) is 0 Å². The van der Waals surface area contributed by atoms with Gasteiger partial charge in [-0.1, -0.05) is 13.8 Å². The molecule has 1 heterocycles. The number of nitrogens with zero attached hydrogens (tertiary/aromatic N) is 1. The van der Waals surface area contributed by atoms with Gasteiger partial charge in [0.25, 0.3) is 0 Å². The van der Waals surface area contributed by atoms with Crippen LogP contribution in [0.5, 0.6) is 0 Å². The summed E-state index contributed by atoms with van der Waals surface area (Å²) in [5, 5.41) is 19.7. The molecule has 0 aromatic carbocycles. The summed E-state index contributed by atoms with van der Waals surface area (Å²) in [5.41, 5.74) is -0.439. The summed E-state index contributed by atoms with van der Waals surface area (Å²) in [5.74, 6) is 0. The molecular formula is C14H29NO2. The Morgan fingerprint density at radius 3 is 2.35 bits per heavy atom. The number of aliphatic hydroxyl groups excluding tert-OH is 1. The molecule has 0 amide bonds. The predicted molar refractivity (Wildman–Crippen MR) is 71.0 cm³/mol. The molecule has 0 saturated carbocycles. The predicted octanol–water partition coefficient (Wildman–Crippen LogP) is 2.02. The molecule has 0 radical (unpaired) electrons. The third kappa shape index (κ3) is 4.23.